The standard InChI is InChI=1S/C18H33N3/c1-4-10-19-14-17-7-6-15(5-2)13-16(17)8-9-18-20-11-12-21(18)3/h11-12,15-17,19H,4-10,13-14H2,1-3H3. The van der Waals surface area contributed by atoms with E-state index in [9.17, 15) is 0 Å². The van der Waals surface area contributed by atoms with E-state index in [0.29, 0.717) is 0 Å². The Morgan fingerprint density at radius 3 is 2.81 bits per heavy atom. The Morgan fingerprint density at radius 2 is 2.14 bits per heavy atom. The van der Waals surface area contributed by atoms with E-state index in [2.05, 4.69) is 42.0 Å². The van der Waals surface area contributed by atoms with E-state index in [1.807, 2.05) is 6.20 Å². The van der Waals surface area contributed by atoms with E-state index in [1.54, 1.807) is 0 Å². The first-order valence-electron chi connectivity index (χ1n) is 8.91. The number of aryl methyl sites for hydroxylation is 2. The Hall–Kier alpha value is -0.830. The Kier molecular flexibility index (Phi) is 6.75. The molecule has 3 heteroatoms. The van der Waals surface area contributed by atoms with Gasteiger partial charge in [-0.15, -0.1) is 0 Å². The minimum absolute atomic E-state index is 0.875. The van der Waals surface area contributed by atoms with Crippen molar-refractivity contribution in [3.63, 3.8) is 0 Å². The van der Waals surface area contributed by atoms with Gasteiger partial charge in [0.2, 0.25) is 0 Å². The maximum atomic E-state index is 4.49. The van der Waals surface area contributed by atoms with E-state index in [-0.39, 0.29) is 0 Å². The van der Waals surface area contributed by atoms with Crippen molar-refractivity contribution in [1.29, 1.82) is 0 Å². The molecule has 21 heavy (non-hydrogen) atoms. The zero-order chi connectivity index (χ0) is 15.1. The van der Waals surface area contributed by atoms with Crippen LogP contribution in [0.25, 0.3) is 0 Å². The topological polar surface area (TPSA) is 29.9 Å². The third kappa shape index (κ3) is 4.84. The highest BCUT2D eigenvalue weighted by Crippen LogP contribution is 2.37. The van der Waals surface area contributed by atoms with Crippen LogP contribution >= 0.6 is 0 Å². The second-order valence-corrected chi connectivity index (χ2v) is 6.80. The van der Waals surface area contributed by atoms with E-state index in [4.69, 9.17) is 0 Å². The normalized spacial score (nSPS) is 26.1. The van der Waals surface area contributed by atoms with Gasteiger partial charge < -0.3 is 9.88 Å². The summed E-state index contributed by atoms with van der Waals surface area (Å²) in [5.74, 6) is 3.96. The molecule has 3 nitrogen and oxygen atoms in total. The van der Waals surface area contributed by atoms with E-state index in [1.165, 1.54) is 57.4 Å². The molecule has 0 aromatic carbocycles. The first-order chi connectivity index (χ1) is 10.2. The first kappa shape index (κ1) is 16.5. The van der Waals surface area contributed by atoms with Gasteiger partial charge in [0, 0.05) is 25.9 Å². The van der Waals surface area contributed by atoms with Crippen molar-refractivity contribution in [2.45, 2.75) is 58.8 Å². The van der Waals surface area contributed by atoms with Crippen LogP contribution in [0.3, 0.4) is 0 Å². The quantitative estimate of drug-likeness (QED) is 0.738. The second-order valence-electron chi connectivity index (χ2n) is 6.80. The largest absolute Gasteiger partial charge is 0.338 e. The van der Waals surface area contributed by atoms with Crippen LogP contribution in [0.15, 0.2) is 12.4 Å². The number of hydrogen-bond donors (Lipinski definition) is 1. The Bertz CT molecular complexity index is 397. The fourth-order valence-corrected chi connectivity index (χ4v) is 3.83. The first-order valence-corrected chi connectivity index (χ1v) is 8.91. The van der Waals surface area contributed by atoms with Crippen molar-refractivity contribution < 1.29 is 0 Å². The van der Waals surface area contributed by atoms with Gasteiger partial charge in [-0.25, -0.2) is 4.98 Å². The SMILES string of the molecule is CCCNCC1CCC(CC)CC1CCc1nccn1C. The second kappa shape index (κ2) is 8.57. The Morgan fingerprint density at radius 1 is 1.29 bits per heavy atom. The van der Waals surface area contributed by atoms with Gasteiger partial charge in [-0.3, -0.25) is 0 Å². The molecule has 0 spiro atoms. The molecule has 1 aromatic heterocycles. The highest BCUT2D eigenvalue weighted by molar-refractivity contribution is 4.92. The Balaban J connectivity index is 1.88. The molecule has 1 aromatic rings. The molecule has 0 saturated heterocycles. The molecule has 3 unspecified atom stereocenters. The molecule has 1 aliphatic carbocycles. The molecule has 1 aliphatic rings. The summed E-state index contributed by atoms with van der Waals surface area (Å²) in [6.45, 7) is 6.99. The number of nitrogens with one attached hydrogen (secondary N) is 1. The van der Waals surface area contributed by atoms with Crippen molar-refractivity contribution >= 4 is 0 Å². The molecule has 0 amide bonds. The molecule has 1 saturated carbocycles. The molecule has 0 radical (unpaired) electrons. The summed E-state index contributed by atoms with van der Waals surface area (Å²) in [5, 5.41) is 3.65. The lowest BCUT2D eigenvalue weighted by molar-refractivity contribution is 0.162. The Labute approximate surface area is 130 Å². The van der Waals surface area contributed by atoms with Crippen LogP contribution in [0, 0.1) is 17.8 Å². The summed E-state index contributed by atoms with van der Waals surface area (Å²) < 4.78 is 2.17. The highest BCUT2D eigenvalue weighted by Gasteiger charge is 2.29. The number of hydrogen-bond acceptors (Lipinski definition) is 2. The molecule has 1 N–H and O–H groups in total. The fourth-order valence-electron chi connectivity index (χ4n) is 3.83. The van der Waals surface area contributed by atoms with E-state index in [0.717, 1.165) is 24.2 Å². The zero-order valence-electron chi connectivity index (χ0n) is 14.1. The van der Waals surface area contributed by atoms with Crippen LogP contribution < -0.4 is 5.32 Å². The molecule has 2 rings (SSSR count). The molecule has 120 valence electrons. The lowest BCUT2D eigenvalue weighted by atomic mass is 9.71. The lowest BCUT2D eigenvalue weighted by Crippen LogP contribution is -2.33. The average molecular weight is 291 g/mol. The molecule has 3 atom stereocenters. The smallest absolute Gasteiger partial charge is 0.108 e. The van der Waals surface area contributed by atoms with E-state index < -0.39 is 0 Å². The van der Waals surface area contributed by atoms with Crippen LogP contribution in [0.1, 0.15) is 58.2 Å². The van der Waals surface area contributed by atoms with Gasteiger partial charge in [0.1, 0.15) is 5.82 Å². The molecule has 1 fully saturated rings. The van der Waals surface area contributed by atoms with Crippen molar-refractivity contribution in [2.75, 3.05) is 13.1 Å². The third-order valence-corrected chi connectivity index (χ3v) is 5.32. The molecule has 0 bridgehead atoms. The highest BCUT2D eigenvalue weighted by atomic mass is 15.0. The number of rotatable bonds is 8. The molecule has 0 aliphatic heterocycles. The predicted molar refractivity (Wildman–Crippen MR) is 89.3 cm³/mol. The van der Waals surface area contributed by atoms with Crippen molar-refractivity contribution in [3.8, 4) is 0 Å². The minimum Gasteiger partial charge on any atom is -0.338 e. The van der Waals surface area contributed by atoms with Crippen molar-refractivity contribution in [1.82, 2.24) is 14.9 Å². The van der Waals surface area contributed by atoms with E-state index >= 15 is 0 Å². The van der Waals surface area contributed by atoms with Crippen LogP contribution in [0.5, 0.6) is 0 Å². The molecular weight excluding hydrogens is 258 g/mol. The van der Waals surface area contributed by atoms with Crippen LogP contribution in [0.4, 0.5) is 0 Å². The summed E-state index contributed by atoms with van der Waals surface area (Å²) >= 11 is 0. The van der Waals surface area contributed by atoms with Gasteiger partial charge in [0.05, 0.1) is 0 Å². The van der Waals surface area contributed by atoms with Gasteiger partial charge in [-0.1, -0.05) is 26.7 Å². The van der Waals surface area contributed by atoms with Crippen LogP contribution in [-0.2, 0) is 13.5 Å². The minimum atomic E-state index is 0.875. The molecule has 1 heterocycles. The van der Waals surface area contributed by atoms with Crippen molar-refractivity contribution in [2.24, 2.45) is 24.8 Å². The van der Waals surface area contributed by atoms with Gasteiger partial charge >= 0.3 is 0 Å². The molecular formula is C18H33N3. The fraction of sp³-hybridized carbons (Fsp3) is 0.833. The van der Waals surface area contributed by atoms with Crippen LogP contribution in [0.2, 0.25) is 0 Å². The van der Waals surface area contributed by atoms with Crippen molar-refractivity contribution in [3.05, 3.63) is 18.2 Å². The maximum absolute atomic E-state index is 4.49. The predicted octanol–water partition coefficient (Wildman–Crippen LogP) is 3.79. The number of nitrogens with zero attached hydrogens (tertiary/aromatic N) is 2. The zero-order valence-corrected chi connectivity index (χ0v) is 14.1. The summed E-state index contributed by atoms with van der Waals surface area (Å²) in [6.07, 6.45) is 13.3. The summed E-state index contributed by atoms with van der Waals surface area (Å²) in [5.41, 5.74) is 0. The summed E-state index contributed by atoms with van der Waals surface area (Å²) in [7, 11) is 2.11. The summed E-state index contributed by atoms with van der Waals surface area (Å²) in [6, 6.07) is 0. The van der Waals surface area contributed by atoms with Gasteiger partial charge in [-0.05, 0) is 56.5 Å². The third-order valence-electron chi connectivity index (χ3n) is 5.32. The average Bonchev–Trinajstić information content (AvgIpc) is 2.91. The number of imidazole rings is 1. The van der Waals surface area contributed by atoms with Gasteiger partial charge in [0.15, 0.2) is 0 Å². The number of aromatic nitrogens is 2. The summed E-state index contributed by atoms with van der Waals surface area (Å²) in [4.78, 5) is 4.49. The van der Waals surface area contributed by atoms with Gasteiger partial charge in [0.25, 0.3) is 0 Å². The van der Waals surface area contributed by atoms with Crippen LogP contribution in [-0.4, -0.2) is 22.6 Å². The monoisotopic (exact) mass is 291 g/mol. The van der Waals surface area contributed by atoms with Gasteiger partial charge in [-0.2, -0.15) is 0 Å². The maximum Gasteiger partial charge on any atom is 0.108 e. The lowest BCUT2D eigenvalue weighted by Gasteiger charge is -2.36.